The molecular weight excluding hydrogens is 382 g/mol. The van der Waals surface area contributed by atoms with Crippen molar-refractivity contribution in [1.82, 2.24) is 0 Å². The van der Waals surface area contributed by atoms with Crippen LogP contribution in [0.2, 0.25) is 5.02 Å². The lowest BCUT2D eigenvalue weighted by Gasteiger charge is -2.20. The van der Waals surface area contributed by atoms with Crippen molar-refractivity contribution < 1.29 is 19.1 Å². The van der Waals surface area contributed by atoms with Crippen LogP contribution in [-0.2, 0) is 9.59 Å². The molecule has 1 atom stereocenters. The molecule has 1 aliphatic rings. The van der Waals surface area contributed by atoms with Gasteiger partial charge in [-0.15, -0.1) is 0 Å². The number of hydrogen-bond donors (Lipinski definition) is 1. The molecule has 1 unspecified atom stereocenters. The molecule has 0 radical (unpaired) electrons. The number of methoxy groups -OCH3 is 2. The van der Waals surface area contributed by atoms with Crippen molar-refractivity contribution in [1.29, 1.82) is 0 Å². The molecule has 0 fully saturated rings. The number of hydrazone groups is 1. The van der Waals surface area contributed by atoms with Crippen molar-refractivity contribution in [3.63, 3.8) is 0 Å². The molecule has 0 saturated heterocycles. The predicted molar refractivity (Wildman–Crippen MR) is 109 cm³/mol. The van der Waals surface area contributed by atoms with E-state index < -0.39 is 11.9 Å². The number of halogens is 1. The van der Waals surface area contributed by atoms with E-state index in [1.807, 2.05) is 30.3 Å². The summed E-state index contributed by atoms with van der Waals surface area (Å²) in [6.45, 7) is 1.49. The molecule has 0 bridgehead atoms. The second kappa shape index (κ2) is 8.31. The minimum absolute atomic E-state index is 0.0690. The van der Waals surface area contributed by atoms with Crippen molar-refractivity contribution in [3.05, 3.63) is 47.5 Å². The van der Waals surface area contributed by atoms with Crippen molar-refractivity contribution in [3.8, 4) is 11.5 Å². The molecule has 1 aliphatic heterocycles. The molecule has 1 amide bonds. The van der Waals surface area contributed by atoms with E-state index in [1.54, 1.807) is 17.1 Å². The Morgan fingerprint density at radius 2 is 1.82 bits per heavy atom. The Bertz CT molecular complexity index is 931. The maximum Gasteiger partial charge on any atom is 0.272 e. The fourth-order valence-corrected chi connectivity index (χ4v) is 3.18. The van der Waals surface area contributed by atoms with Crippen LogP contribution in [0.3, 0.4) is 0 Å². The Morgan fingerprint density at radius 1 is 1.14 bits per heavy atom. The van der Waals surface area contributed by atoms with Crippen LogP contribution >= 0.6 is 11.6 Å². The monoisotopic (exact) mass is 401 g/mol. The standard InChI is InChI=1S/C20H20ClN3O4/c1-12(25)17-10-16(23-24(17)13-7-5-4-6-8-13)20(26)22-15-9-14(21)18(27-2)11-19(15)28-3/h4-9,11,17H,10H2,1-3H3,(H,22,26). The minimum atomic E-state index is -0.524. The average Bonchev–Trinajstić information content (AvgIpc) is 3.15. The van der Waals surface area contributed by atoms with E-state index in [0.717, 1.165) is 5.69 Å². The number of ether oxygens (including phenoxy) is 2. The summed E-state index contributed by atoms with van der Waals surface area (Å²) in [4.78, 5) is 24.9. The largest absolute Gasteiger partial charge is 0.495 e. The van der Waals surface area contributed by atoms with Gasteiger partial charge in [0.1, 0.15) is 23.3 Å². The van der Waals surface area contributed by atoms with Crippen LogP contribution in [0.25, 0.3) is 0 Å². The smallest absolute Gasteiger partial charge is 0.272 e. The molecule has 3 rings (SSSR count). The number of nitrogens with zero attached hydrogens (tertiary/aromatic N) is 2. The van der Waals surface area contributed by atoms with Crippen LogP contribution in [0, 0.1) is 0 Å². The first-order valence-electron chi connectivity index (χ1n) is 8.59. The van der Waals surface area contributed by atoms with E-state index in [0.29, 0.717) is 22.2 Å². The third-order valence-electron chi connectivity index (χ3n) is 4.38. The number of ketones is 1. The Labute approximate surface area is 167 Å². The second-order valence-electron chi connectivity index (χ2n) is 6.20. The molecule has 2 aromatic carbocycles. The van der Waals surface area contributed by atoms with Gasteiger partial charge >= 0.3 is 0 Å². The summed E-state index contributed by atoms with van der Waals surface area (Å²) in [7, 11) is 2.97. The van der Waals surface area contributed by atoms with Crippen molar-refractivity contribution in [2.24, 2.45) is 5.10 Å². The lowest BCUT2D eigenvalue weighted by atomic mass is 10.1. The van der Waals surface area contributed by atoms with Crippen LogP contribution in [0.15, 0.2) is 47.6 Å². The highest BCUT2D eigenvalue weighted by Gasteiger charge is 2.34. The topological polar surface area (TPSA) is 80.2 Å². The third kappa shape index (κ3) is 3.94. The first kappa shape index (κ1) is 19.7. The summed E-state index contributed by atoms with van der Waals surface area (Å²) in [5.41, 5.74) is 1.38. The molecule has 1 heterocycles. The maximum atomic E-state index is 12.8. The summed E-state index contributed by atoms with van der Waals surface area (Å²) in [6.07, 6.45) is 0.211. The van der Waals surface area contributed by atoms with Gasteiger partial charge in [0.15, 0.2) is 5.78 Å². The molecule has 0 aromatic heterocycles. The van der Waals surface area contributed by atoms with E-state index in [2.05, 4.69) is 10.4 Å². The van der Waals surface area contributed by atoms with Gasteiger partial charge in [-0.05, 0) is 25.1 Å². The molecule has 8 heteroatoms. The zero-order valence-electron chi connectivity index (χ0n) is 15.7. The minimum Gasteiger partial charge on any atom is -0.495 e. The molecule has 7 nitrogen and oxygen atoms in total. The number of benzene rings is 2. The number of amides is 1. The van der Waals surface area contributed by atoms with E-state index >= 15 is 0 Å². The number of para-hydroxylation sites is 1. The number of carbonyl (C=O) groups excluding carboxylic acids is 2. The first-order chi connectivity index (χ1) is 13.4. The summed E-state index contributed by atoms with van der Waals surface area (Å²) in [6, 6.07) is 11.9. The van der Waals surface area contributed by atoms with Crippen molar-refractivity contribution in [2.75, 3.05) is 24.5 Å². The molecule has 28 heavy (non-hydrogen) atoms. The van der Waals surface area contributed by atoms with E-state index in [9.17, 15) is 9.59 Å². The van der Waals surface area contributed by atoms with E-state index in [1.165, 1.54) is 21.1 Å². The van der Waals surface area contributed by atoms with Crippen LogP contribution in [-0.4, -0.2) is 37.7 Å². The highest BCUT2D eigenvalue weighted by atomic mass is 35.5. The van der Waals surface area contributed by atoms with Crippen molar-refractivity contribution >= 4 is 40.4 Å². The van der Waals surface area contributed by atoms with E-state index in [4.69, 9.17) is 21.1 Å². The number of carbonyl (C=O) groups is 2. The molecule has 146 valence electrons. The fourth-order valence-electron chi connectivity index (χ4n) is 2.93. The second-order valence-corrected chi connectivity index (χ2v) is 6.61. The number of nitrogens with one attached hydrogen (secondary N) is 1. The number of hydrogen-bond acceptors (Lipinski definition) is 6. The van der Waals surface area contributed by atoms with Gasteiger partial charge in [-0.2, -0.15) is 5.10 Å². The van der Waals surface area contributed by atoms with Crippen LogP contribution in [0.1, 0.15) is 13.3 Å². The summed E-state index contributed by atoms with van der Waals surface area (Å²) in [5.74, 6) is 0.336. The van der Waals surface area contributed by atoms with Gasteiger partial charge in [0.25, 0.3) is 5.91 Å². The zero-order chi connectivity index (χ0) is 20.3. The van der Waals surface area contributed by atoms with Gasteiger partial charge in [-0.3, -0.25) is 14.6 Å². The lowest BCUT2D eigenvalue weighted by Crippen LogP contribution is -2.33. The molecule has 0 spiro atoms. The highest BCUT2D eigenvalue weighted by molar-refractivity contribution is 6.44. The Hall–Kier alpha value is -3.06. The summed E-state index contributed by atoms with van der Waals surface area (Å²) >= 11 is 6.15. The van der Waals surface area contributed by atoms with Crippen LogP contribution in [0.5, 0.6) is 11.5 Å². The third-order valence-corrected chi connectivity index (χ3v) is 4.68. The zero-order valence-corrected chi connectivity index (χ0v) is 16.5. The Morgan fingerprint density at radius 3 is 2.43 bits per heavy atom. The Kier molecular flexibility index (Phi) is 5.84. The van der Waals surface area contributed by atoms with Gasteiger partial charge < -0.3 is 14.8 Å². The van der Waals surface area contributed by atoms with Crippen LogP contribution < -0.4 is 19.8 Å². The predicted octanol–water partition coefficient (Wildman–Crippen LogP) is 3.52. The lowest BCUT2D eigenvalue weighted by molar-refractivity contribution is -0.118. The van der Waals surface area contributed by atoms with E-state index in [-0.39, 0.29) is 17.9 Å². The normalized spacial score (nSPS) is 15.8. The van der Waals surface area contributed by atoms with Crippen LogP contribution in [0.4, 0.5) is 11.4 Å². The van der Waals surface area contributed by atoms with Gasteiger partial charge in [0, 0.05) is 12.5 Å². The summed E-state index contributed by atoms with van der Waals surface area (Å²) < 4.78 is 10.5. The van der Waals surface area contributed by atoms with Crippen molar-refractivity contribution in [2.45, 2.75) is 19.4 Å². The van der Waals surface area contributed by atoms with Gasteiger partial charge in [0.2, 0.25) is 0 Å². The van der Waals surface area contributed by atoms with Gasteiger partial charge in [-0.25, -0.2) is 0 Å². The first-order valence-corrected chi connectivity index (χ1v) is 8.97. The average molecular weight is 402 g/mol. The SMILES string of the molecule is COc1cc(OC)c(NC(=O)C2=NN(c3ccccc3)C(C(C)=O)C2)cc1Cl. The molecule has 2 aromatic rings. The maximum absolute atomic E-state index is 12.8. The Balaban J connectivity index is 1.87. The highest BCUT2D eigenvalue weighted by Crippen LogP contribution is 2.36. The van der Waals surface area contributed by atoms with Gasteiger partial charge in [0.05, 0.1) is 30.6 Å². The number of anilines is 2. The van der Waals surface area contributed by atoms with Gasteiger partial charge in [-0.1, -0.05) is 29.8 Å². The molecule has 1 N–H and O–H groups in total. The summed E-state index contributed by atoms with van der Waals surface area (Å²) in [5, 5.41) is 9.05. The fraction of sp³-hybridized carbons (Fsp3) is 0.250. The quantitative estimate of drug-likeness (QED) is 0.801. The molecule has 0 saturated carbocycles. The molecular formula is C20H20ClN3O4. The number of rotatable bonds is 6. The molecule has 0 aliphatic carbocycles. The number of Topliss-reactive ketones (excluding diaryl/α,β-unsaturated/α-hetero) is 1.